The Morgan fingerprint density at radius 1 is 1.21 bits per heavy atom. The highest BCUT2D eigenvalue weighted by molar-refractivity contribution is 5.98. The zero-order valence-electron chi connectivity index (χ0n) is 15.6. The van der Waals surface area contributed by atoms with Gasteiger partial charge >= 0.3 is 12.0 Å². The highest BCUT2D eigenvalue weighted by atomic mass is 19.1. The number of amides is 3. The smallest absolute Gasteiger partial charge is 0.359 e. The van der Waals surface area contributed by atoms with Crippen molar-refractivity contribution in [2.45, 2.75) is 39.2 Å². The molecule has 3 N–H and O–H groups in total. The molecule has 0 fully saturated rings. The van der Waals surface area contributed by atoms with Crippen LogP contribution < -0.4 is 11.1 Å². The number of primary amides is 1. The minimum Gasteiger partial charge on any atom is -0.447 e. The number of rotatable bonds is 5. The zero-order valence-corrected chi connectivity index (χ0v) is 15.6. The number of fused-ring (bicyclic) bond motifs is 1. The van der Waals surface area contributed by atoms with Crippen molar-refractivity contribution in [2.24, 2.45) is 11.7 Å². The van der Waals surface area contributed by atoms with Gasteiger partial charge in [-0.2, -0.15) is 5.10 Å². The van der Waals surface area contributed by atoms with E-state index >= 15 is 0 Å². The van der Waals surface area contributed by atoms with Gasteiger partial charge in [0.15, 0.2) is 11.8 Å². The van der Waals surface area contributed by atoms with Crippen LogP contribution in [0.2, 0.25) is 0 Å². The number of carbonyl (C=O) groups is 3. The third kappa shape index (κ3) is 3.88. The molecule has 1 aliphatic carbocycles. The van der Waals surface area contributed by atoms with Crippen LogP contribution in [-0.4, -0.2) is 33.8 Å². The monoisotopic (exact) mass is 388 g/mol. The number of aromatic nitrogens is 2. The van der Waals surface area contributed by atoms with E-state index in [1.807, 2.05) is 5.32 Å². The SMILES string of the molecule is CC(C)[C@H](OC(=O)c1nn(-c2ccc(F)cc2)c2c1CCC2)C(=O)NC(N)=O. The molecule has 1 atom stereocenters. The molecule has 0 radical (unpaired) electrons. The summed E-state index contributed by atoms with van der Waals surface area (Å²) < 4.78 is 20.2. The minimum atomic E-state index is -1.19. The molecule has 3 rings (SSSR count). The number of urea groups is 1. The van der Waals surface area contributed by atoms with Crippen molar-refractivity contribution in [2.75, 3.05) is 0 Å². The van der Waals surface area contributed by atoms with E-state index in [4.69, 9.17) is 10.5 Å². The molecule has 3 amide bonds. The van der Waals surface area contributed by atoms with Crippen molar-refractivity contribution in [3.63, 3.8) is 0 Å². The summed E-state index contributed by atoms with van der Waals surface area (Å²) in [6.45, 7) is 3.36. The van der Waals surface area contributed by atoms with E-state index in [0.29, 0.717) is 12.1 Å². The highest BCUT2D eigenvalue weighted by Gasteiger charge is 2.32. The molecule has 28 heavy (non-hydrogen) atoms. The summed E-state index contributed by atoms with van der Waals surface area (Å²) in [6, 6.07) is 4.77. The summed E-state index contributed by atoms with van der Waals surface area (Å²) >= 11 is 0. The molecule has 0 unspecified atom stereocenters. The van der Waals surface area contributed by atoms with Crippen LogP contribution in [-0.2, 0) is 22.4 Å². The summed E-state index contributed by atoms with van der Waals surface area (Å²) in [6.07, 6.45) is 1.04. The number of halogens is 1. The average Bonchev–Trinajstić information content (AvgIpc) is 3.21. The Kier molecular flexibility index (Phi) is 5.43. The Labute approximate surface area is 160 Å². The second-order valence-corrected chi connectivity index (χ2v) is 6.94. The number of imide groups is 1. The topological polar surface area (TPSA) is 116 Å². The van der Waals surface area contributed by atoms with Crippen LogP contribution >= 0.6 is 0 Å². The van der Waals surface area contributed by atoms with Gasteiger partial charge < -0.3 is 10.5 Å². The van der Waals surface area contributed by atoms with E-state index in [9.17, 15) is 18.8 Å². The standard InChI is InChI=1S/C19H21FN4O4/c1-10(2)16(17(25)22-19(21)27)28-18(26)15-13-4-3-5-14(13)24(23-15)12-8-6-11(20)7-9-12/h6-10,16H,3-5H2,1-2H3,(H3,21,22,25,27)/t16-/m0/s1. The first-order chi connectivity index (χ1) is 13.3. The van der Waals surface area contributed by atoms with Crippen LogP contribution in [0, 0.1) is 11.7 Å². The average molecular weight is 388 g/mol. The number of nitrogens with two attached hydrogens (primary N) is 1. The quantitative estimate of drug-likeness (QED) is 0.759. The van der Waals surface area contributed by atoms with Crippen molar-refractivity contribution in [1.82, 2.24) is 15.1 Å². The first-order valence-corrected chi connectivity index (χ1v) is 8.96. The third-order valence-corrected chi connectivity index (χ3v) is 4.54. The number of nitrogens with one attached hydrogen (secondary N) is 1. The molecule has 8 nitrogen and oxygen atoms in total. The zero-order chi connectivity index (χ0) is 20.4. The molecule has 9 heteroatoms. The number of esters is 1. The molecule has 0 aliphatic heterocycles. The predicted molar refractivity (Wildman–Crippen MR) is 97.3 cm³/mol. The molecule has 0 saturated heterocycles. The molecule has 148 valence electrons. The maximum absolute atomic E-state index is 13.2. The fourth-order valence-corrected chi connectivity index (χ4v) is 3.25. The van der Waals surface area contributed by atoms with Gasteiger partial charge in [0.1, 0.15) is 5.82 Å². The lowest BCUT2D eigenvalue weighted by Crippen LogP contribution is -2.45. The lowest BCUT2D eigenvalue weighted by atomic mass is 10.1. The molecule has 1 aromatic carbocycles. The van der Waals surface area contributed by atoms with E-state index in [0.717, 1.165) is 24.1 Å². The van der Waals surface area contributed by atoms with Crippen molar-refractivity contribution < 1.29 is 23.5 Å². The largest absolute Gasteiger partial charge is 0.447 e. The summed E-state index contributed by atoms with van der Waals surface area (Å²) in [5.41, 5.74) is 7.34. The maximum atomic E-state index is 13.2. The van der Waals surface area contributed by atoms with Crippen molar-refractivity contribution in [3.05, 3.63) is 47.0 Å². The van der Waals surface area contributed by atoms with Gasteiger partial charge in [-0.1, -0.05) is 13.8 Å². The normalized spacial score (nSPS) is 13.9. The van der Waals surface area contributed by atoms with Crippen LogP contribution in [0.15, 0.2) is 24.3 Å². The minimum absolute atomic E-state index is 0.120. The number of hydrogen-bond acceptors (Lipinski definition) is 5. The van der Waals surface area contributed by atoms with Crippen LogP contribution in [0.25, 0.3) is 5.69 Å². The highest BCUT2D eigenvalue weighted by Crippen LogP contribution is 2.28. The van der Waals surface area contributed by atoms with E-state index in [2.05, 4.69) is 5.10 Å². The molecule has 1 aliphatic rings. The van der Waals surface area contributed by atoms with Gasteiger partial charge in [0.05, 0.1) is 5.69 Å². The van der Waals surface area contributed by atoms with E-state index in [1.54, 1.807) is 30.7 Å². The predicted octanol–water partition coefficient (Wildman–Crippen LogP) is 1.88. The Balaban J connectivity index is 1.90. The molecule has 0 spiro atoms. The molecule has 0 bridgehead atoms. The van der Waals surface area contributed by atoms with E-state index in [-0.39, 0.29) is 17.4 Å². The Morgan fingerprint density at radius 3 is 2.50 bits per heavy atom. The molecule has 2 aromatic rings. The van der Waals surface area contributed by atoms with Gasteiger partial charge in [-0.15, -0.1) is 0 Å². The number of hydrogen-bond donors (Lipinski definition) is 2. The maximum Gasteiger partial charge on any atom is 0.359 e. The Hall–Kier alpha value is -3.23. The summed E-state index contributed by atoms with van der Waals surface area (Å²) in [5.74, 6) is -2.29. The van der Waals surface area contributed by atoms with Crippen molar-refractivity contribution >= 4 is 17.9 Å². The van der Waals surface area contributed by atoms with Crippen LogP contribution in [0.1, 0.15) is 42.0 Å². The van der Waals surface area contributed by atoms with Crippen LogP contribution in [0.3, 0.4) is 0 Å². The summed E-state index contributed by atoms with van der Waals surface area (Å²) in [7, 11) is 0. The van der Waals surface area contributed by atoms with Gasteiger partial charge in [-0.05, 0) is 49.4 Å². The summed E-state index contributed by atoms with van der Waals surface area (Å²) in [4.78, 5) is 35.8. The number of benzene rings is 1. The van der Waals surface area contributed by atoms with Gasteiger partial charge in [0.2, 0.25) is 0 Å². The summed E-state index contributed by atoms with van der Waals surface area (Å²) in [5, 5.41) is 6.29. The Morgan fingerprint density at radius 2 is 1.89 bits per heavy atom. The molecular weight excluding hydrogens is 367 g/mol. The first-order valence-electron chi connectivity index (χ1n) is 8.96. The third-order valence-electron chi connectivity index (χ3n) is 4.54. The van der Waals surface area contributed by atoms with Gasteiger partial charge in [-0.3, -0.25) is 10.1 Å². The van der Waals surface area contributed by atoms with Crippen LogP contribution in [0.5, 0.6) is 0 Å². The number of carbonyl (C=O) groups excluding carboxylic acids is 3. The van der Waals surface area contributed by atoms with Crippen molar-refractivity contribution in [1.29, 1.82) is 0 Å². The van der Waals surface area contributed by atoms with Gasteiger partial charge in [0, 0.05) is 11.3 Å². The van der Waals surface area contributed by atoms with E-state index < -0.39 is 24.0 Å². The molecule has 1 aromatic heterocycles. The molecule has 0 saturated carbocycles. The van der Waals surface area contributed by atoms with Crippen LogP contribution in [0.4, 0.5) is 9.18 Å². The second kappa shape index (κ2) is 7.79. The molecular formula is C19H21FN4O4. The van der Waals surface area contributed by atoms with Crippen molar-refractivity contribution in [3.8, 4) is 5.69 Å². The van der Waals surface area contributed by atoms with Gasteiger partial charge in [0.25, 0.3) is 5.91 Å². The number of ether oxygens (including phenoxy) is 1. The molecule has 1 heterocycles. The first kappa shape index (κ1) is 19.5. The number of nitrogens with zero attached hydrogens (tertiary/aromatic N) is 2. The fraction of sp³-hybridized carbons (Fsp3) is 0.368. The van der Waals surface area contributed by atoms with E-state index in [1.165, 1.54) is 12.1 Å². The Bertz CT molecular complexity index is 921. The lowest BCUT2D eigenvalue weighted by molar-refractivity contribution is -0.130. The fourth-order valence-electron chi connectivity index (χ4n) is 3.25. The lowest BCUT2D eigenvalue weighted by Gasteiger charge is -2.19. The van der Waals surface area contributed by atoms with Gasteiger partial charge in [-0.25, -0.2) is 18.7 Å². The second-order valence-electron chi connectivity index (χ2n) is 6.94.